The lowest BCUT2D eigenvalue weighted by Crippen LogP contribution is -2.37. The van der Waals surface area contributed by atoms with Gasteiger partial charge >= 0.3 is 0 Å². The van der Waals surface area contributed by atoms with Gasteiger partial charge in [-0.05, 0) is 51.7 Å². The van der Waals surface area contributed by atoms with Crippen molar-refractivity contribution < 1.29 is 14.0 Å². The van der Waals surface area contributed by atoms with Crippen molar-refractivity contribution in [2.75, 3.05) is 33.4 Å². The molecule has 1 aliphatic heterocycles. The number of hydrogen-bond acceptors (Lipinski definition) is 5. The highest BCUT2D eigenvalue weighted by Gasteiger charge is 2.17. The molecular formula is C23H34N4O3. The van der Waals surface area contributed by atoms with Crippen LogP contribution in [0, 0.1) is 26.7 Å². The minimum absolute atomic E-state index is 0.485. The van der Waals surface area contributed by atoms with Crippen LogP contribution < -0.4 is 15.4 Å². The molecule has 0 radical (unpaired) electrons. The lowest BCUT2D eigenvalue weighted by atomic mass is 10.1. The molecule has 0 spiro atoms. The van der Waals surface area contributed by atoms with Gasteiger partial charge in [0.1, 0.15) is 11.5 Å². The summed E-state index contributed by atoms with van der Waals surface area (Å²) in [5.41, 5.74) is 4.50. The van der Waals surface area contributed by atoms with Gasteiger partial charge in [0.15, 0.2) is 5.96 Å². The minimum Gasteiger partial charge on any atom is -0.493 e. The first-order valence-corrected chi connectivity index (χ1v) is 10.7. The molecule has 0 bridgehead atoms. The van der Waals surface area contributed by atoms with Crippen LogP contribution in [-0.4, -0.2) is 44.5 Å². The van der Waals surface area contributed by atoms with Gasteiger partial charge in [0, 0.05) is 43.8 Å². The summed E-state index contributed by atoms with van der Waals surface area (Å²) in [6, 6.07) is 6.34. The molecule has 30 heavy (non-hydrogen) atoms. The maximum Gasteiger partial charge on any atom is 0.191 e. The van der Waals surface area contributed by atoms with Crippen LogP contribution in [0.2, 0.25) is 0 Å². The molecule has 2 heterocycles. The van der Waals surface area contributed by atoms with Crippen molar-refractivity contribution in [1.82, 2.24) is 15.8 Å². The second-order valence-electron chi connectivity index (χ2n) is 7.91. The summed E-state index contributed by atoms with van der Waals surface area (Å²) in [5, 5.41) is 10.8. The Bertz CT molecular complexity index is 821. The molecule has 7 heteroatoms. The SMILES string of the molecule is CN=C(NCCCc1c(C)noc1C)NCc1ccc(C)cc1OCC1CCOC1. The third kappa shape index (κ3) is 6.23. The third-order valence-electron chi connectivity index (χ3n) is 5.47. The van der Waals surface area contributed by atoms with Crippen LogP contribution >= 0.6 is 0 Å². The molecule has 0 amide bonds. The molecule has 1 aliphatic rings. The zero-order valence-electron chi connectivity index (χ0n) is 18.6. The molecule has 3 rings (SSSR count). The molecule has 1 atom stereocenters. The van der Waals surface area contributed by atoms with Crippen molar-refractivity contribution in [2.24, 2.45) is 10.9 Å². The summed E-state index contributed by atoms with van der Waals surface area (Å²) in [6.07, 6.45) is 2.99. The number of aliphatic imine (C=N–C) groups is 1. The second kappa shape index (κ2) is 11.0. The van der Waals surface area contributed by atoms with Gasteiger partial charge in [-0.3, -0.25) is 4.99 Å². The molecule has 1 saturated heterocycles. The predicted molar refractivity (Wildman–Crippen MR) is 118 cm³/mol. The van der Waals surface area contributed by atoms with Crippen LogP contribution in [0.1, 0.15) is 41.0 Å². The number of hydrogen-bond donors (Lipinski definition) is 2. The molecule has 2 aromatic rings. The summed E-state index contributed by atoms with van der Waals surface area (Å²) in [4.78, 5) is 4.34. The van der Waals surface area contributed by atoms with E-state index < -0.39 is 0 Å². The molecule has 1 aromatic carbocycles. The highest BCUT2D eigenvalue weighted by Crippen LogP contribution is 2.22. The number of nitrogens with one attached hydrogen (secondary N) is 2. The van der Waals surface area contributed by atoms with Gasteiger partial charge in [-0.2, -0.15) is 0 Å². The van der Waals surface area contributed by atoms with E-state index in [1.54, 1.807) is 7.05 Å². The van der Waals surface area contributed by atoms with E-state index in [1.807, 2.05) is 13.8 Å². The van der Waals surface area contributed by atoms with Crippen molar-refractivity contribution in [3.05, 3.63) is 46.3 Å². The molecule has 1 fully saturated rings. The Morgan fingerprint density at radius 2 is 2.13 bits per heavy atom. The average molecular weight is 415 g/mol. The van der Waals surface area contributed by atoms with Crippen molar-refractivity contribution in [3.63, 3.8) is 0 Å². The number of aryl methyl sites for hydroxylation is 3. The molecule has 0 saturated carbocycles. The Morgan fingerprint density at radius 3 is 2.83 bits per heavy atom. The maximum absolute atomic E-state index is 6.14. The van der Waals surface area contributed by atoms with Crippen molar-refractivity contribution in [1.29, 1.82) is 0 Å². The zero-order valence-corrected chi connectivity index (χ0v) is 18.6. The fourth-order valence-electron chi connectivity index (χ4n) is 3.59. The largest absolute Gasteiger partial charge is 0.493 e. The van der Waals surface area contributed by atoms with Crippen molar-refractivity contribution >= 4 is 5.96 Å². The number of aromatic nitrogens is 1. The predicted octanol–water partition coefficient (Wildman–Crippen LogP) is 3.31. The summed E-state index contributed by atoms with van der Waals surface area (Å²) >= 11 is 0. The van der Waals surface area contributed by atoms with E-state index in [0.29, 0.717) is 19.1 Å². The van der Waals surface area contributed by atoms with E-state index in [0.717, 1.165) is 67.7 Å². The first-order chi connectivity index (χ1) is 14.6. The Hall–Kier alpha value is -2.54. The van der Waals surface area contributed by atoms with Crippen molar-refractivity contribution in [3.8, 4) is 5.75 Å². The van der Waals surface area contributed by atoms with E-state index in [4.69, 9.17) is 14.0 Å². The lowest BCUT2D eigenvalue weighted by molar-refractivity contribution is 0.166. The van der Waals surface area contributed by atoms with E-state index >= 15 is 0 Å². The number of guanidine groups is 1. The van der Waals surface area contributed by atoms with Gasteiger partial charge in [-0.1, -0.05) is 17.3 Å². The second-order valence-corrected chi connectivity index (χ2v) is 7.91. The fraction of sp³-hybridized carbons (Fsp3) is 0.565. The summed E-state index contributed by atoms with van der Waals surface area (Å²) < 4.78 is 16.8. The Morgan fingerprint density at radius 1 is 1.27 bits per heavy atom. The Kier molecular flexibility index (Phi) is 8.13. The van der Waals surface area contributed by atoms with Gasteiger partial charge in [0.2, 0.25) is 0 Å². The first-order valence-electron chi connectivity index (χ1n) is 10.7. The smallest absolute Gasteiger partial charge is 0.191 e. The van der Waals surface area contributed by atoms with E-state index in [1.165, 1.54) is 11.1 Å². The molecule has 1 aromatic heterocycles. The van der Waals surface area contributed by atoms with Crippen LogP contribution in [0.5, 0.6) is 5.75 Å². The van der Waals surface area contributed by atoms with Gasteiger partial charge in [-0.25, -0.2) is 0 Å². The van der Waals surface area contributed by atoms with E-state index in [2.05, 4.69) is 45.9 Å². The summed E-state index contributed by atoms with van der Waals surface area (Å²) in [6.45, 7) is 9.85. The van der Waals surface area contributed by atoms with Crippen LogP contribution in [-0.2, 0) is 17.7 Å². The standard InChI is InChI=1S/C23H34N4O3/c1-16-7-8-20(22(12-16)29-15-19-9-11-28-14-19)13-26-23(24-4)25-10-5-6-21-17(2)27-30-18(21)3/h7-8,12,19H,5-6,9-11,13-15H2,1-4H3,(H2,24,25,26). The summed E-state index contributed by atoms with van der Waals surface area (Å²) in [7, 11) is 1.79. The lowest BCUT2D eigenvalue weighted by Gasteiger charge is -2.17. The molecule has 1 unspecified atom stereocenters. The molecule has 7 nitrogen and oxygen atoms in total. The number of nitrogens with zero attached hydrogens (tertiary/aromatic N) is 2. The van der Waals surface area contributed by atoms with E-state index in [9.17, 15) is 0 Å². The molecule has 164 valence electrons. The molecule has 0 aliphatic carbocycles. The molecular weight excluding hydrogens is 380 g/mol. The first kappa shape index (κ1) is 22.2. The van der Waals surface area contributed by atoms with Crippen LogP contribution in [0.3, 0.4) is 0 Å². The van der Waals surface area contributed by atoms with Gasteiger partial charge in [0.25, 0.3) is 0 Å². The quantitative estimate of drug-likeness (QED) is 0.372. The minimum atomic E-state index is 0.485. The fourth-order valence-corrected chi connectivity index (χ4v) is 3.59. The Labute approximate surface area is 179 Å². The normalized spacial score (nSPS) is 16.7. The van der Waals surface area contributed by atoms with Gasteiger partial charge in [0.05, 0.1) is 18.9 Å². The van der Waals surface area contributed by atoms with Crippen LogP contribution in [0.4, 0.5) is 0 Å². The number of rotatable bonds is 9. The maximum atomic E-state index is 6.14. The zero-order chi connectivity index (χ0) is 21.3. The average Bonchev–Trinajstić information content (AvgIpc) is 3.37. The van der Waals surface area contributed by atoms with Gasteiger partial charge < -0.3 is 24.6 Å². The van der Waals surface area contributed by atoms with Crippen molar-refractivity contribution in [2.45, 2.75) is 46.6 Å². The van der Waals surface area contributed by atoms with Gasteiger partial charge in [-0.15, -0.1) is 0 Å². The van der Waals surface area contributed by atoms with E-state index in [-0.39, 0.29) is 0 Å². The highest BCUT2D eigenvalue weighted by molar-refractivity contribution is 5.79. The summed E-state index contributed by atoms with van der Waals surface area (Å²) in [5.74, 6) is 3.11. The highest BCUT2D eigenvalue weighted by atomic mass is 16.5. The third-order valence-corrected chi connectivity index (χ3v) is 5.47. The monoisotopic (exact) mass is 414 g/mol. The Balaban J connectivity index is 1.46. The topological polar surface area (TPSA) is 80.9 Å². The van der Waals surface area contributed by atoms with Crippen LogP contribution in [0.25, 0.3) is 0 Å². The molecule has 2 N–H and O–H groups in total. The number of ether oxygens (including phenoxy) is 2. The van der Waals surface area contributed by atoms with Crippen LogP contribution in [0.15, 0.2) is 27.7 Å². The number of benzene rings is 1.